The molecule has 1 amide bonds. The number of nitrogens with one attached hydrogen (secondary N) is 1. The van der Waals surface area contributed by atoms with E-state index in [-0.39, 0.29) is 11.5 Å². The Balaban J connectivity index is 1.94. The molecule has 176 valence electrons. The zero-order valence-electron chi connectivity index (χ0n) is 17.6. The van der Waals surface area contributed by atoms with Crippen LogP contribution in [0.4, 0.5) is 13.2 Å². The van der Waals surface area contributed by atoms with Crippen molar-refractivity contribution in [1.29, 1.82) is 0 Å². The largest absolute Gasteiger partial charge is 0.481 e. The molecule has 0 spiro atoms. The molecule has 0 saturated carbocycles. The van der Waals surface area contributed by atoms with Gasteiger partial charge in [-0.3, -0.25) is 9.36 Å². The fourth-order valence-corrected chi connectivity index (χ4v) is 3.50. The first-order valence-corrected chi connectivity index (χ1v) is 11.4. The minimum absolute atomic E-state index is 0.0852. The van der Waals surface area contributed by atoms with Crippen LogP contribution in [0.25, 0.3) is 0 Å². The normalized spacial score (nSPS) is 15.3. The molecule has 0 bridgehead atoms. The van der Waals surface area contributed by atoms with E-state index in [1.54, 1.807) is 13.8 Å². The fraction of sp³-hybridized carbons (Fsp3) is 0.400. The third kappa shape index (κ3) is 7.81. The monoisotopic (exact) mass is 476 g/mol. The van der Waals surface area contributed by atoms with Crippen LogP contribution in [0.5, 0.6) is 17.4 Å². The highest BCUT2D eigenvalue weighted by molar-refractivity contribution is 7.52. The second-order valence-corrected chi connectivity index (χ2v) is 8.65. The van der Waals surface area contributed by atoms with Crippen molar-refractivity contribution in [2.24, 2.45) is 0 Å². The van der Waals surface area contributed by atoms with Crippen molar-refractivity contribution in [2.45, 2.75) is 45.6 Å². The van der Waals surface area contributed by atoms with Gasteiger partial charge in [0.2, 0.25) is 5.88 Å². The van der Waals surface area contributed by atoms with E-state index >= 15 is 0 Å². The molecule has 32 heavy (non-hydrogen) atoms. The van der Waals surface area contributed by atoms with Gasteiger partial charge in [0.25, 0.3) is 5.91 Å². The highest BCUT2D eigenvalue weighted by Gasteiger charge is 2.35. The molecule has 0 saturated heterocycles. The first-order valence-electron chi connectivity index (χ1n) is 9.66. The Morgan fingerprint density at radius 1 is 1.19 bits per heavy atom. The van der Waals surface area contributed by atoms with Gasteiger partial charge in [0.05, 0.1) is 6.10 Å². The molecule has 0 fully saturated rings. The number of aromatic nitrogens is 1. The lowest BCUT2D eigenvalue weighted by Gasteiger charge is -2.19. The lowest BCUT2D eigenvalue weighted by atomic mass is 10.2. The first-order chi connectivity index (χ1) is 14.9. The van der Waals surface area contributed by atoms with Gasteiger partial charge in [-0.05, 0) is 56.7 Å². The van der Waals surface area contributed by atoms with Gasteiger partial charge < -0.3 is 24.2 Å². The topological polar surface area (TPSA) is 107 Å². The van der Waals surface area contributed by atoms with Crippen molar-refractivity contribution >= 4 is 13.5 Å². The summed E-state index contributed by atoms with van der Waals surface area (Å²) in [6.07, 6.45) is -4.92. The lowest BCUT2D eigenvalue weighted by molar-refractivity contribution is -0.138. The maximum atomic E-state index is 13.0. The molecule has 0 aliphatic carbocycles. The summed E-state index contributed by atoms with van der Waals surface area (Å²) in [7, 11) is -3.99. The molecule has 3 unspecified atom stereocenters. The summed E-state index contributed by atoms with van der Waals surface area (Å²) in [6.45, 7) is 4.86. The molecule has 2 aromatic rings. The number of hydrogen-bond donors (Lipinski definition) is 2. The average Bonchev–Trinajstić information content (AvgIpc) is 2.72. The number of benzene rings is 1. The minimum Gasteiger partial charge on any atom is -0.481 e. The van der Waals surface area contributed by atoms with E-state index < -0.39 is 49.6 Å². The standard InChI is InChI=1S/C20H24F3N2O6P/c1-4-13(2)31-32(27,28)12-25-18(26)14(3)29-15-7-9-16(10-8-15)30-19-17(20(21,22)23)6-5-11-24-19/h5-11,13-14H,4,12H2,1-3H3,(H,25,26)(H,27,28). The molecule has 1 aromatic carbocycles. The summed E-state index contributed by atoms with van der Waals surface area (Å²) in [5.41, 5.74) is -1.01. The van der Waals surface area contributed by atoms with Crippen molar-refractivity contribution in [3.8, 4) is 17.4 Å². The average molecular weight is 476 g/mol. The highest BCUT2D eigenvalue weighted by Crippen LogP contribution is 2.42. The van der Waals surface area contributed by atoms with Crippen LogP contribution in [0.1, 0.15) is 32.8 Å². The molecule has 12 heteroatoms. The van der Waals surface area contributed by atoms with E-state index in [4.69, 9.17) is 14.0 Å². The Bertz CT molecular complexity index is 955. The quantitative estimate of drug-likeness (QED) is 0.477. The van der Waals surface area contributed by atoms with Gasteiger partial charge in [0.15, 0.2) is 6.10 Å². The van der Waals surface area contributed by atoms with Gasteiger partial charge in [0.1, 0.15) is 23.3 Å². The molecule has 2 N–H and O–H groups in total. The summed E-state index contributed by atoms with van der Waals surface area (Å²) in [4.78, 5) is 25.5. The van der Waals surface area contributed by atoms with E-state index in [0.717, 1.165) is 12.1 Å². The van der Waals surface area contributed by atoms with Crippen LogP contribution < -0.4 is 14.8 Å². The maximum absolute atomic E-state index is 13.0. The number of ether oxygens (including phenoxy) is 2. The Hall–Kier alpha value is -2.62. The second kappa shape index (κ2) is 10.8. The molecule has 0 radical (unpaired) electrons. The number of hydrogen-bond acceptors (Lipinski definition) is 6. The van der Waals surface area contributed by atoms with Gasteiger partial charge >= 0.3 is 13.8 Å². The molecular formula is C20H24F3N2O6P. The Kier molecular flexibility index (Phi) is 8.65. The van der Waals surface area contributed by atoms with Crippen LogP contribution in [0.3, 0.4) is 0 Å². The van der Waals surface area contributed by atoms with Crippen LogP contribution in [-0.2, 0) is 20.1 Å². The summed E-state index contributed by atoms with van der Waals surface area (Å²) >= 11 is 0. The smallest absolute Gasteiger partial charge is 0.421 e. The minimum atomic E-state index is -4.62. The summed E-state index contributed by atoms with van der Waals surface area (Å²) in [6, 6.07) is 7.54. The highest BCUT2D eigenvalue weighted by atomic mass is 31.2. The van der Waals surface area contributed by atoms with Crippen LogP contribution in [-0.4, -0.2) is 34.3 Å². The third-order valence-electron chi connectivity index (χ3n) is 4.17. The second-order valence-electron chi connectivity index (χ2n) is 6.85. The molecule has 1 aromatic heterocycles. The van der Waals surface area contributed by atoms with Crippen molar-refractivity contribution < 1.29 is 41.4 Å². The number of amides is 1. The SMILES string of the molecule is CCC(C)OP(=O)(O)CNC(=O)C(C)Oc1ccc(Oc2ncccc2C(F)(F)F)cc1. The predicted molar refractivity (Wildman–Crippen MR) is 110 cm³/mol. The molecule has 3 atom stereocenters. The first kappa shape index (κ1) is 25.6. The number of rotatable bonds is 10. The number of halogens is 3. The van der Waals surface area contributed by atoms with Gasteiger partial charge in [-0.2, -0.15) is 13.2 Å². The molecule has 0 aliphatic heterocycles. The van der Waals surface area contributed by atoms with E-state index in [2.05, 4.69) is 10.3 Å². The van der Waals surface area contributed by atoms with Crippen molar-refractivity contribution in [3.05, 3.63) is 48.2 Å². The third-order valence-corrected chi connectivity index (χ3v) is 5.42. The number of pyridine rings is 1. The molecule has 8 nitrogen and oxygen atoms in total. The number of nitrogens with zero attached hydrogens (tertiary/aromatic N) is 1. The van der Waals surface area contributed by atoms with E-state index in [0.29, 0.717) is 6.42 Å². The Labute approximate surface area is 183 Å². The molecule has 2 rings (SSSR count). The van der Waals surface area contributed by atoms with Crippen LogP contribution in [0, 0.1) is 0 Å². The predicted octanol–water partition coefficient (Wildman–Crippen LogP) is 4.73. The van der Waals surface area contributed by atoms with Gasteiger partial charge in [-0.15, -0.1) is 0 Å². The van der Waals surface area contributed by atoms with Crippen molar-refractivity contribution in [2.75, 3.05) is 6.29 Å². The zero-order chi connectivity index (χ0) is 23.9. The number of alkyl halides is 3. The van der Waals surface area contributed by atoms with Crippen molar-refractivity contribution in [1.82, 2.24) is 10.3 Å². The van der Waals surface area contributed by atoms with Crippen LogP contribution in [0.15, 0.2) is 42.6 Å². The summed E-state index contributed by atoms with van der Waals surface area (Å²) < 4.78 is 66.7. The Morgan fingerprint density at radius 2 is 1.81 bits per heavy atom. The van der Waals surface area contributed by atoms with Crippen LogP contribution >= 0.6 is 7.60 Å². The van der Waals surface area contributed by atoms with Crippen LogP contribution in [0.2, 0.25) is 0 Å². The lowest BCUT2D eigenvalue weighted by Crippen LogP contribution is -2.37. The van der Waals surface area contributed by atoms with E-state index in [1.807, 2.05) is 0 Å². The Morgan fingerprint density at radius 3 is 2.41 bits per heavy atom. The fourth-order valence-electron chi connectivity index (χ4n) is 2.36. The molecule has 1 heterocycles. The van der Waals surface area contributed by atoms with Crippen molar-refractivity contribution in [3.63, 3.8) is 0 Å². The van der Waals surface area contributed by atoms with E-state index in [1.165, 1.54) is 37.4 Å². The van der Waals surface area contributed by atoms with Gasteiger partial charge in [-0.1, -0.05) is 6.92 Å². The molecule has 0 aliphatic rings. The number of carbonyl (C=O) groups excluding carboxylic acids is 1. The molecular weight excluding hydrogens is 452 g/mol. The zero-order valence-corrected chi connectivity index (χ0v) is 18.5. The van der Waals surface area contributed by atoms with Gasteiger partial charge in [0, 0.05) is 6.20 Å². The van der Waals surface area contributed by atoms with E-state index in [9.17, 15) is 27.4 Å². The summed E-state index contributed by atoms with van der Waals surface area (Å²) in [5.74, 6) is -0.910. The maximum Gasteiger partial charge on any atom is 0.421 e. The number of carbonyl (C=O) groups is 1. The van der Waals surface area contributed by atoms with Gasteiger partial charge in [-0.25, -0.2) is 4.98 Å². The summed E-state index contributed by atoms with van der Waals surface area (Å²) in [5, 5.41) is 2.30.